The molecule has 0 saturated carbocycles. The largest absolute Gasteiger partial charge is 0.378 e. The van der Waals surface area contributed by atoms with Gasteiger partial charge in [0.05, 0.1) is 6.10 Å². The fourth-order valence-corrected chi connectivity index (χ4v) is 1.67. The Labute approximate surface area is 68.9 Å². The lowest BCUT2D eigenvalue weighted by atomic mass is 10.2. The van der Waals surface area contributed by atoms with Crippen molar-refractivity contribution in [3.05, 3.63) is 0 Å². The maximum atomic E-state index is 5.37. The van der Waals surface area contributed by atoms with E-state index in [2.05, 4.69) is 30.9 Å². The van der Waals surface area contributed by atoms with Crippen molar-refractivity contribution in [1.82, 2.24) is 9.80 Å². The van der Waals surface area contributed by atoms with Crippen LogP contribution in [-0.4, -0.2) is 63.3 Å². The van der Waals surface area contributed by atoms with Gasteiger partial charge in [0.25, 0.3) is 0 Å². The van der Waals surface area contributed by atoms with Crippen LogP contribution in [0.3, 0.4) is 0 Å². The number of rotatable bonds is 2. The topological polar surface area (TPSA) is 15.7 Å². The highest BCUT2D eigenvalue weighted by atomic mass is 16.5. The first kappa shape index (κ1) is 8.97. The van der Waals surface area contributed by atoms with Crippen molar-refractivity contribution in [3.63, 3.8) is 0 Å². The number of likely N-dealkylation sites (N-methyl/N-ethyl adjacent to an activating group) is 2. The standard InChI is InChI=1S/C8H18N2O/c1-9(2)7-5-10(3)6-8(7)11-4/h7-8H,5-6H2,1-4H3/t7-,8-/m0/s1. The summed E-state index contributed by atoms with van der Waals surface area (Å²) in [6, 6.07) is 0.560. The third-order valence-electron chi connectivity index (χ3n) is 2.39. The van der Waals surface area contributed by atoms with Crippen LogP contribution in [0.5, 0.6) is 0 Å². The molecule has 0 aliphatic carbocycles. The molecule has 0 aromatic heterocycles. The number of hydrogen-bond donors (Lipinski definition) is 0. The van der Waals surface area contributed by atoms with Crippen LogP contribution < -0.4 is 0 Å². The van der Waals surface area contributed by atoms with Crippen molar-refractivity contribution in [2.45, 2.75) is 12.1 Å². The third kappa shape index (κ3) is 1.92. The van der Waals surface area contributed by atoms with Gasteiger partial charge < -0.3 is 14.5 Å². The van der Waals surface area contributed by atoms with Gasteiger partial charge in [-0.25, -0.2) is 0 Å². The number of ether oxygens (including phenoxy) is 1. The fourth-order valence-electron chi connectivity index (χ4n) is 1.67. The molecular weight excluding hydrogens is 140 g/mol. The van der Waals surface area contributed by atoms with Crippen molar-refractivity contribution >= 4 is 0 Å². The summed E-state index contributed by atoms with van der Waals surface area (Å²) in [5.41, 5.74) is 0. The summed E-state index contributed by atoms with van der Waals surface area (Å²) in [5.74, 6) is 0. The summed E-state index contributed by atoms with van der Waals surface area (Å²) >= 11 is 0. The smallest absolute Gasteiger partial charge is 0.0865 e. The molecule has 0 aromatic rings. The SMILES string of the molecule is CO[C@H]1CN(C)C[C@@H]1N(C)C. The first-order valence-corrected chi connectivity index (χ1v) is 4.03. The molecule has 1 fully saturated rings. The van der Waals surface area contributed by atoms with Crippen LogP contribution in [0.25, 0.3) is 0 Å². The Kier molecular flexibility index (Phi) is 2.87. The Hall–Kier alpha value is -0.120. The maximum Gasteiger partial charge on any atom is 0.0865 e. The van der Waals surface area contributed by atoms with Gasteiger partial charge in [0, 0.05) is 26.2 Å². The van der Waals surface area contributed by atoms with E-state index in [1.165, 1.54) is 0 Å². The molecule has 0 N–H and O–H groups in total. The van der Waals surface area contributed by atoms with E-state index in [0.29, 0.717) is 12.1 Å². The molecule has 0 unspecified atom stereocenters. The molecule has 3 nitrogen and oxygen atoms in total. The molecule has 1 heterocycles. The summed E-state index contributed by atoms with van der Waals surface area (Å²) in [6.07, 6.45) is 0.384. The first-order chi connectivity index (χ1) is 5.15. The molecule has 0 radical (unpaired) electrons. The van der Waals surface area contributed by atoms with Crippen molar-refractivity contribution in [2.24, 2.45) is 0 Å². The molecule has 0 aromatic carbocycles. The summed E-state index contributed by atoms with van der Waals surface area (Å²) in [5, 5.41) is 0. The van der Waals surface area contributed by atoms with Gasteiger partial charge in [-0.1, -0.05) is 0 Å². The minimum absolute atomic E-state index is 0.384. The van der Waals surface area contributed by atoms with E-state index in [1.54, 1.807) is 7.11 Å². The van der Waals surface area contributed by atoms with Gasteiger partial charge in [0.2, 0.25) is 0 Å². The molecule has 1 aliphatic rings. The molecule has 0 bridgehead atoms. The highest BCUT2D eigenvalue weighted by Gasteiger charge is 2.31. The van der Waals surface area contributed by atoms with E-state index in [1.807, 2.05) is 0 Å². The molecule has 1 aliphatic heterocycles. The van der Waals surface area contributed by atoms with Crippen LogP contribution in [0, 0.1) is 0 Å². The zero-order chi connectivity index (χ0) is 8.43. The lowest BCUT2D eigenvalue weighted by Gasteiger charge is -2.23. The number of nitrogens with zero attached hydrogens (tertiary/aromatic N) is 2. The Morgan fingerprint density at radius 2 is 2.00 bits per heavy atom. The van der Waals surface area contributed by atoms with Crippen LogP contribution in [-0.2, 0) is 4.74 Å². The number of hydrogen-bond acceptors (Lipinski definition) is 3. The van der Waals surface area contributed by atoms with Gasteiger partial charge in [-0.05, 0) is 21.1 Å². The highest BCUT2D eigenvalue weighted by Crippen LogP contribution is 2.14. The van der Waals surface area contributed by atoms with Crippen molar-refractivity contribution in [3.8, 4) is 0 Å². The minimum atomic E-state index is 0.384. The second kappa shape index (κ2) is 3.52. The second-order valence-corrected chi connectivity index (χ2v) is 3.53. The lowest BCUT2D eigenvalue weighted by molar-refractivity contribution is 0.0619. The van der Waals surface area contributed by atoms with Crippen molar-refractivity contribution in [2.75, 3.05) is 41.3 Å². The van der Waals surface area contributed by atoms with E-state index in [0.717, 1.165) is 13.1 Å². The molecule has 0 amide bonds. The molecule has 2 atom stereocenters. The van der Waals surface area contributed by atoms with Gasteiger partial charge in [-0.15, -0.1) is 0 Å². The van der Waals surface area contributed by atoms with E-state index in [9.17, 15) is 0 Å². The Bertz CT molecular complexity index is 127. The number of methoxy groups -OCH3 is 1. The zero-order valence-electron chi connectivity index (χ0n) is 7.87. The van der Waals surface area contributed by atoms with E-state index >= 15 is 0 Å². The van der Waals surface area contributed by atoms with Crippen LogP contribution in [0.15, 0.2) is 0 Å². The lowest BCUT2D eigenvalue weighted by Crippen LogP contribution is -2.38. The first-order valence-electron chi connectivity index (χ1n) is 4.03. The average Bonchev–Trinajstić information content (AvgIpc) is 2.30. The van der Waals surface area contributed by atoms with Gasteiger partial charge in [0.1, 0.15) is 0 Å². The summed E-state index contributed by atoms with van der Waals surface area (Å²) in [6.45, 7) is 2.17. The third-order valence-corrected chi connectivity index (χ3v) is 2.39. The van der Waals surface area contributed by atoms with Gasteiger partial charge >= 0.3 is 0 Å². The Balaban J connectivity index is 2.50. The predicted octanol–water partition coefficient (Wildman–Crippen LogP) is -0.123. The Morgan fingerprint density at radius 3 is 2.36 bits per heavy atom. The maximum absolute atomic E-state index is 5.37. The normalized spacial score (nSPS) is 33.5. The molecule has 66 valence electrons. The number of likely N-dealkylation sites (tertiary alicyclic amines) is 1. The van der Waals surface area contributed by atoms with E-state index < -0.39 is 0 Å². The molecule has 1 rings (SSSR count). The van der Waals surface area contributed by atoms with Crippen molar-refractivity contribution in [1.29, 1.82) is 0 Å². The van der Waals surface area contributed by atoms with Crippen LogP contribution >= 0.6 is 0 Å². The Morgan fingerprint density at radius 1 is 1.36 bits per heavy atom. The van der Waals surface area contributed by atoms with Gasteiger partial charge in [0.15, 0.2) is 0 Å². The van der Waals surface area contributed by atoms with Crippen molar-refractivity contribution < 1.29 is 4.74 Å². The highest BCUT2D eigenvalue weighted by molar-refractivity contribution is 4.88. The second-order valence-electron chi connectivity index (χ2n) is 3.53. The minimum Gasteiger partial charge on any atom is -0.378 e. The fraction of sp³-hybridized carbons (Fsp3) is 1.00. The zero-order valence-corrected chi connectivity index (χ0v) is 7.87. The van der Waals surface area contributed by atoms with Crippen LogP contribution in [0.1, 0.15) is 0 Å². The monoisotopic (exact) mass is 158 g/mol. The average molecular weight is 158 g/mol. The van der Waals surface area contributed by atoms with Gasteiger partial charge in [-0.2, -0.15) is 0 Å². The molecule has 0 spiro atoms. The van der Waals surface area contributed by atoms with E-state index in [4.69, 9.17) is 4.74 Å². The van der Waals surface area contributed by atoms with Gasteiger partial charge in [-0.3, -0.25) is 0 Å². The summed E-state index contributed by atoms with van der Waals surface area (Å²) in [4.78, 5) is 4.54. The van der Waals surface area contributed by atoms with Crippen LogP contribution in [0.2, 0.25) is 0 Å². The van der Waals surface area contributed by atoms with Crippen LogP contribution in [0.4, 0.5) is 0 Å². The van der Waals surface area contributed by atoms with E-state index in [-0.39, 0.29) is 0 Å². The molecular formula is C8H18N2O. The predicted molar refractivity (Wildman–Crippen MR) is 45.8 cm³/mol. The molecule has 1 saturated heterocycles. The molecule has 11 heavy (non-hydrogen) atoms. The quantitative estimate of drug-likeness (QED) is 0.557. The summed E-state index contributed by atoms with van der Waals surface area (Å²) < 4.78 is 5.37. The summed E-state index contributed by atoms with van der Waals surface area (Å²) in [7, 11) is 8.14. The molecule has 3 heteroatoms.